The summed E-state index contributed by atoms with van der Waals surface area (Å²) in [5, 5.41) is 0. The lowest BCUT2D eigenvalue weighted by Gasteiger charge is -2.34. The Morgan fingerprint density at radius 1 is 0.714 bits per heavy atom. The summed E-state index contributed by atoms with van der Waals surface area (Å²) in [4.78, 5) is 0. The Kier molecular flexibility index (Phi) is 9.35. The van der Waals surface area contributed by atoms with E-state index >= 15 is 0 Å². The van der Waals surface area contributed by atoms with Crippen molar-refractivity contribution in [1.29, 1.82) is 0 Å². The molecule has 21 heavy (non-hydrogen) atoms. The largest absolute Gasteiger partial charge is 0.118 e. The Hall–Kier alpha value is 0.430. The number of hydrogen-bond acceptors (Lipinski definition) is 0. The molecule has 0 spiro atoms. The number of rotatable bonds is 3. The maximum atomic E-state index is 2.41. The van der Waals surface area contributed by atoms with Gasteiger partial charge in [0.2, 0.25) is 0 Å². The van der Waals surface area contributed by atoms with Gasteiger partial charge in [0, 0.05) is 0 Å². The normalized spacial score (nSPS) is 32.4. The van der Waals surface area contributed by atoms with Crippen LogP contribution in [0.4, 0.5) is 0 Å². The first-order valence-electron chi connectivity index (χ1n) is 10.1. The first-order chi connectivity index (χ1) is 10.4. The van der Waals surface area contributed by atoms with Crippen molar-refractivity contribution in [2.75, 3.05) is 6.16 Å². The summed E-state index contributed by atoms with van der Waals surface area (Å²) in [6.07, 6.45) is 24.4. The van der Waals surface area contributed by atoms with E-state index in [0.29, 0.717) is 0 Å². The van der Waals surface area contributed by atoms with Gasteiger partial charge in [0.1, 0.15) is 0 Å². The van der Waals surface area contributed by atoms with Gasteiger partial charge in [-0.15, -0.1) is 8.58 Å². The molecule has 2 fully saturated rings. The molecule has 2 rings (SSSR count). The van der Waals surface area contributed by atoms with E-state index in [4.69, 9.17) is 0 Å². The lowest BCUT2D eigenvalue weighted by atomic mass is 9.82. The van der Waals surface area contributed by atoms with E-state index < -0.39 is 0 Å². The highest BCUT2D eigenvalue weighted by molar-refractivity contribution is 7.38. The Morgan fingerprint density at radius 2 is 1.29 bits per heavy atom. The Bertz CT molecular complexity index is 240. The molecule has 0 bridgehead atoms. The minimum absolute atomic E-state index is 1.08. The molecule has 1 aliphatic carbocycles. The van der Waals surface area contributed by atoms with Crippen molar-refractivity contribution in [3.05, 3.63) is 0 Å². The Balaban J connectivity index is 1.99. The predicted molar refractivity (Wildman–Crippen MR) is 98.9 cm³/mol. The standard InChI is InChI=1S/C20H39P/c1-2-13-18-14-11-7-8-12-17-21-20(18)19-15-9-5-3-4-6-10-16-19/h18-21H,2-17H2,1H3. The van der Waals surface area contributed by atoms with Crippen LogP contribution in [0.15, 0.2) is 0 Å². The van der Waals surface area contributed by atoms with Gasteiger partial charge in [-0.05, 0) is 49.3 Å². The van der Waals surface area contributed by atoms with Gasteiger partial charge in [0.25, 0.3) is 0 Å². The Labute approximate surface area is 136 Å². The molecule has 0 aromatic rings. The fourth-order valence-electron chi connectivity index (χ4n) is 4.77. The summed E-state index contributed by atoms with van der Waals surface area (Å²) in [6.45, 7) is 2.41. The monoisotopic (exact) mass is 310 g/mol. The minimum atomic E-state index is 1.08. The second kappa shape index (κ2) is 11.0. The third kappa shape index (κ3) is 6.60. The predicted octanol–water partition coefficient (Wildman–Crippen LogP) is 7.16. The summed E-state index contributed by atoms with van der Waals surface area (Å²) in [7, 11) is 1.29. The minimum Gasteiger partial charge on any atom is -0.118 e. The highest BCUT2D eigenvalue weighted by Gasteiger charge is 2.28. The average molecular weight is 311 g/mol. The first-order valence-corrected chi connectivity index (χ1v) is 11.4. The first kappa shape index (κ1) is 17.8. The van der Waals surface area contributed by atoms with Gasteiger partial charge in [-0.25, -0.2) is 0 Å². The molecule has 1 saturated carbocycles. The van der Waals surface area contributed by atoms with E-state index in [-0.39, 0.29) is 0 Å². The summed E-state index contributed by atoms with van der Waals surface area (Å²) in [5.41, 5.74) is 1.11. The zero-order valence-corrected chi connectivity index (χ0v) is 15.5. The molecule has 0 amide bonds. The van der Waals surface area contributed by atoms with E-state index in [1.54, 1.807) is 25.4 Å². The van der Waals surface area contributed by atoms with Crippen molar-refractivity contribution < 1.29 is 0 Å². The van der Waals surface area contributed by atoms with E-state index in [1.165, 1.54) is 85.6 Å². The van der Waals surface area contributed by atoms with Gasteiger partial charge in [0.15, 0.2) is 0 Å². The van der Waals surface area contributed by atoms with Gasteiger partial charge in [-0.1, -0.05) is 77.6 Å². The van der Waals surface area contributed by atoms with Gasteiger partial charge < -0.3 is 0 Å². The summed E-state index contributed by atoms with van der Waals surface area (Å²) >= 11 is 0. The van der Waals surface area contributed by atoms with Crippen LogP contribution in [0, 0.1) is 11.8 Å². The SMILES string of the molecule is CCCC1CCCCCCPC1C1CCCCCCCC1. The van der Waals surface area contributed by atoms with E-state index in [2.05, 4.69) is 6.92 Å². The van der Waals surface area contributed by atoms with Crippen LogP contribution in [0.2, 0.25) is 0 Å². The van der Waals surface area contributed by atoms with E-state index in [0.717, 1.165) is 17.5 Å². The number of hydrogen-bond donors (Lipinski definition) is 0. The smallest absolute Gasteiger partial charge is 0.0180 e. The third-order valence-corrected chi connectivity index (χ3v) is 8.01. The van der Waals surface area contributed by atoms with Crippen LogP contribution in [0.25, 0.3) is 0 Å². The molecular formula is C20H39P. The quantitative estimate of drug-likeness (QED) is 0.485. The van der Waals surface area contributed by atoms with Crippen LogP contribution in [-0.2, 0) is 0 Å². The van der Waals surface area contributed by atoms with Crippen molar-refractivity contribution in [3.63, 3.8) is 0 Å². The van der Waals surface area contributed by atoms with Crippen LogP contribution < -0.4 is 0 Å². The molecule has 3 atom stereocenters. The molecule has 0 aromatic heterocycles. The van der Waals surface area contributed by atoms with Crippen molar-refractivity contribution >= 4 is 8.58 Å². The maximum absolute atomic E-state index is 2.41. The van der Waals surface area contributed by atoms with Crippen LogP contribution in [0.3, 0.4) is 0 Å². The van der Waals surface area contributed by atoms with E-state index in [9.17, 15) is 0 Å². The molecule has 3 unspecified atom stereocenters. The average Bonchev–Trinajstić information content (AvgIpc) is 2.69. The van der Waals surface area contributed by atoms with Crippen molar-refractivity contribution in [2.24, 2.45) is 11.8 Å². The van der Waals surface area contributed by atoms with E-state index in [1.807, 2.05) is 0 Å². The summed E-state index contributed by atoms with van der Waals surface area (Å²) in [5.74, 6) is 2.17. The molecule has 1 heterocycles. The van der Waals surface area contributed by atoms with Crippen molar-refractivity contribution in [3.8, 4) is 0 Å². The van der Waals surface area contributed by atoms with Gasteiger partial charge in [-0.3, -0.25) is 0 Å². The second-order valence-electron chi connectivity index (χ2n) is 7.69. The van der Waals surface area contributed by atoms with Gasteiger partial charge >= 0.3 is 0 Å². The maximum Gasteiger partial charge on any atom is -0.0180 e. The van der Waals surface area contributed by atoms with Crippen LogP contribution in [0.5, 0.6) is 0 Å². The second-order valence-corrected chi connectivity index (χ2v) is 9.27. The van der Waals surface area contributed by atoms with Crippen LogP contribution >= 0.6 is 8.58 Å². The molecule has 0 aromatic carbocycles. The zero-order chi connectivity index (χ0) is 14.8. The molecule has 0 N–H and O–H groups in total. The lowest BCUT2D eigenvalue weighted by molar-refractivity contribution is 0.304. The topological polar surface area (TPSA) is 0 Å². The molecular weight excluding hydrogens is 271 g/mol. The highest BCUT2D eigenvalue weighted by atomic mass is 31.1. The molecule has 1 heteroatoms. The van der Waals surface area contributed by atoms with Crippen molar-refractivity contribution in [2.45, 2.75) is 109 Å². The molecule has 0 nitrogen and oxygen atoms in total. The molecule has 1 aliphatic heterocycles. The van der Waals surface area contributed by atoms with Crippen LogP contribution in [0.1, 0.15) is 103 Å². The summed E-state index contributed by atoms with van der Waals surface area (Å²) < 4.78 is 0. The third-order valence-electron chi connectivity index (χ3n) is 5.96. The molecule has 1 saturated heterocycles. The fourth-order valence-corrected chi connectivity index (χ4v) is 6.89. The molecule has 124 valence electrons. The lowest BCUT2D eigenvalue weighted by Crippen LogP contribution is -2.26. The summed E-state index contributed by atoms with van der Waals surface area (Å²) in [6, 6.07) is 0. The fraction of sp³-hybridized carbons (Fsp3) is 1.00. The van der Waals surface area contributed by atoms with Gasteiger partial charge in [0.05, 0.1) is 0 Å². The highest BCUT2D eigenvalue weighted by Crippen LogP contribution is 2.43. The Morgan fingerprint density at radius 3 is 1.95 bits per heavy atom. The molecule has 0 radical (unpaired) electrons. The van der Waals surface area contributed by atoms with Crippen molar-refractivity contribution in [1.82, 2.24) is 0 Å². The van der Waals surface area contributed by atoms with Crippen LogP contribution in [-0.4, -0.2) is 11.8 Å². The molecule has 2 aliphatic rings. The zero-order valence-electron chi connectivity index (χ0n) is 14.5. The van der Waals surface area contributed by atoms with Gasteiger partial charge in [-0.2, -0.15) is 0 Å².